The molecule has 3 rings (SSSR count). The first kappa shape index (κ1) is 18.5. The van der Waals surface area contributed by atoms with E-state index in [4.69, 9.17) is 4.74 Å². The molecular weight excluding hydrogens is 328 g/mol. The maximum atomic E-state index is 12.3. The quantitative estimate of drug-likeness (QED) is 0.800. The summed E-state index contributed by atoms with van der Waals surface area (Å²) in [6.45, 7) is 4.74. The summed E-state index contributed by atoms with van der Waals surface area (Å²) in [5.74, 6) is 2.77. The van der Waals surface area contributed by atoms with Gasteiger partial charge in [0.05, 0.1) is 0 Å². The van der Waals surface area contributed by atoms with Crippen LogP contribution in [-0.2, 0) is 18.4 Å². The van der Waals surface area contributed by atoms with Gasteiger partial charge in [0.1, 0.15) is 18.2 Å². The highest BCUT2D eigenvalue weighted by Gasteiger charge is 2.22. The van der Waals surface area contributed by atoms with E-state index in [0.717, 1.165) is 43.2 Å². The normalized spacial score (nSPS) is 16.2. The summed E-state index contributed by atoms with van der Waals surface area (Å²) in [7, 11) is 1.94. The van der Waals surface area contributed by atoms with Crippen molar-refractivity contribution in [2.75, 3.05) is 18.4 Å². The van der Waals surface area contributed by atoms with Crippen LogP contribution in [0.25, 0.3) is 0 Å². The second-order valence-electron chi connectivity index (χ2n) is 7.08. The summed E-state index contributed by atoms with van der Waals surface area (Å²) in [5, 5.41) is 6.36. The highest BCUT2D eigenvalue weighted by atomic mass is 16.5. The van der Waals surface area contributed by atoms with Gasteiger partial charge in [-0.15, -0.1) is 0 Å². The number of aromatic nitrogens is 2. The molecule has 1 aromatic carbocycles. The highest BCUT2D eigenvalue weighted by molar-refractivity contribution is 5.90. The zero-order valence-corrected chi connectivity index (χ0v) is 15.6. The summed E-state index contributed by atoms with van der Waals surface area (Å²) in [6.07, 6.45) is 6.54. The number of hydrogen-bond acceptors (Lipinski definition) is 4. The number of nitrogens with one attached hydrogen (secondary N) is 2. The summed E-state index contributed by atoms with van der Waals surface area (Å²) in [4.78, 5) is 16.5. The standard InChI is InChI=1S/C20H28N4O2/c1-15(16-7-9-21-10-8-16)13-20(25)23-17-3-5-18(6-4-17)26-14-19-22-11-12-24(19)2/h3-6,11-12,15-16,21H,7-10,13-14H2,1-2H3,(H,23,25). The molecule has 2 aromatic rings. The maximum Gasteiger partial charge on any atom is 0.224 e. The lowest BCUT2D eigenvalue weighted by Gasteiger charge is -2.27. The monoisotopic (exact) mass is 356 g/mol. The summed E-state index contributed by atoms with van der Waals surface area (Å²) in [6, 6.07) is 7.49. The molecule has 0 spiro atoms. The fourth-order valence-corrected chi connectivity index (χ4v) is 3.40. The Labute approximate surface area is 155 Å². The minimum Gasteiger partial charge on any atom is -0.486 e. The van der Waals surface area contributed by atoms with Gasteiger partial charge in [0.15, 0.2) is 0 Å². The molecule has 1 aliphatic rings. The van der Waals surface area contributed by atoms with Crippen molar-refractivity contribution in [3.05, 3.63) is 42.5 Å². The van der Waals surface area contributed by atoms with Crippen LogP contribution in [0.5, 0.6) is 5.75 Å². The third kappa shape index (κ3) is 5.08. The second kappa shape index (κ2) is 8.85. The third-order valence-electron chi connectivity index (χ3n) is 5.12. The Hall–Kier alpha value is -2.34. The molecular formula is C20H28N4O2. The number of imidazole rings is 1. The first-order chi connectivity index (χ1) is 12.6. The Balaban J connectivity index is 1.45. The van der Waals surface area contributed by atoms with Crippen LogP contribution in [0.4, 0.5) is 5.69 Å². The zero-order valence-electron chi connectivity index (χ0n) is 15.6. The lowest BCUT2D eigenvalue weighted by atomic mass is 9.84. The molecule has 1 fully saturated rings. The molecule has 1 aromatic heterocycles. The van der Waals surface area contributed by atoms with E-state index in [1.54, 1.807) is 6.20 Å². The number of carbonyl (C=O) groups excluding carboxylic acids is 1. The van der Waals surface area contributed by atoms with Gasteiger partial charge in [-0.1, -0.05) is 6.92 Å². The summed E-state index contributed by atoms with van der Waals surface area (Å²) < 4.78 is 7.66. The van der Waals surface area contributed by atoms with E-state index in [0.29, 0.717) is 24.9 Å². The van der Waals surface area contributed by atoms with Gasteiger partial charge in [0.2, 0.25) is 5.91 Å². The lowest BCUT2D eigenvalue weighted by Crippen LogP contribution is -2.32. The van der Waals surface area contributed by atoms with Gasteiger partial charge in [-0.3, -0.25) is 4.79 Å². The summed E-state index contributed by atoms with van der Waals surface area (Å²) >= 11 is 0. The van der Waals surface area contributed by atoms with Crippen LogP contribution in [0.1, 0.15) is 32.0 Å². The minimum atomic E-state index is 0.0812. The van der Waals surface area contributed by atoms with Crippen LogP contribution < -0.4 is 15.4 Å². The molecule has 0 radical (unpaired) electrons. The number of ether oxygens (including phenoxy) is 1. The van der Waals surface area contributed by atoms with E-state index < -0.39 is 0 Å². The van der Waals surface area contributed by atoms with Crippen LogP contribution >= 0.6 is 0 Å². The van der Waals surface area contributed by atoms with Crippen molar-refractivity contribution in [3.63, 3.8) is 0 Å². The molecule has 1 unspecified atom stereocenters. The number of carbonyl (C=O) groups is 1. The van der Waals surface area contributed by atoms with Gasteiger partial charge in [0.25, 0.3) is 0 Å². The number of anilines is 1. The van der Waals surface area contributed by atoms with Crippen molar-refractivity contribution in [3.8, 4) is 5.75 Å². The molecule has 0 bridgehead atoms. The highest BCUT2D eigenvalue weighted by Crippen LogP contribution is 2.25. The van der Waals surface area contributed by atoms with Crippen molar-refractivity contribution < 1.29 is 9.53 Å². The minimum absolute atomic E-state index is 0.0812. The lowest BCUT2D eigenvalue weighted by molar-refractivity contribution is -0.117. The van der Waals surface area contributed by atoms with E-state index in [2.05, 4.69) is 22.5 Å². The topological polar surface area (TPSA) is 68.2 Å². The predicted molar refractivity (Wildman–Crippen MR) is 102 cm³/mol. The van der Waals surface area contributed by atoms with Gasteiger partial charge in [-0.25, -0.2) is 4.98 Å². The molecule has 6 nitrogen and oxygen atoms in total. The Morgan fingerprint density at radius 1 is 1.35 bits per heavy atom. The van der Waals surface area contributed by atoms with Gasteiger partial charge in [-0.2, -0.15) is 0 Å². The molecule has 1 amide bonds. The van der Waals surface area contributed by atoms with E-state index in [9.17, 15) is 4.79 Å². The fourth-order valence-electron chi connectivity index (χ4n) is 3.40. The molecule has 2 heterocycles. The first-order valence-corrected chi connectivity index (χ1v) is 9.31. The van der Waals surface area contributed by atoms with Gasteiger partial charge >= 0.3 is 0 Å². The maximum absolute atomic E-state index is 12.3. The number of nitrogens with zero attached hydrogens (tertiary/aromatic N) is 2. The van der Waals surface area contributed by atoms with Crippen LogP contribution in [0.2, 0.25) is 0 Å². The van der Waals surface area contributed by atoms with Crippen LogP contribution in [0.15, 0.2) is 36.7 Å². The molecule has 0 saturated carbocycles. The fraction of sp³-hybridized carbons (Fsp3) is 0.500. The molecule has 1 aliphatic heterocycles. The van der Waals surface area contributed by atoms with Crippen LogP contribution in [0.3, 0.4) is 0 Å². The number of amides is 1. The predicted octanol–water partition coefficient (Wildman–Crippen LogP) is 2.96. The number of hydrogen-bond donors (Lipinski definition) is 2. The average Bonchev–Trinajstić information content (AvgIpc) is 3.06. The Bertz CT molecular complexity index is 705. The smallest absolute Gasteiger partial charge is 0.224 e. The molecule has 1 atom stereocenters. The molecule has 0 aliphatic carbocycles. The van der Waals surface area contributed by atoms with Crippen molar-refractivity contribution in [1.82, 2.24) is 14.9 Å². The number of benzene rings is 1. The van der Waals surface area contributed by atoms with E-state index in [1.807, 2.05) is 42.1 Å². The second-order valence-corrected chi connectivity index (χ2v) is 7.08. The first-order valence-electron chi connectivity index (χ1n) is 9.31. The van der Waals surface area contributed by atoms with Gasteiger partial charge in [-0.05, 0) is 62.0 Å². The van der Waals surface area contributed by atoms with Crippen LogP contribution in [-0.4, -0.2) is 28.5 Å². The van der Waals surface area contributed by atoms with E-state index >= 15 is 0 Å². The molecule has 1 saturated heterocycles. The Morgan fingerprint density at radius 2 is 2.08 bits per heavy atom. The molecule has 140 valence electrons. The largest absolute Gasteiger partial charge is 0.486 e. The number of aryl methyl sites for hydroxylation is 1. The number of rotatable bonds is 7. The summed E-state index contributed by atoms with van der Waals surface area (Å²) in [5.41, 5.74) is 0.803. The molecule has 2 N–H and O–H groups in total. The molecule has 6 heteroatoms. The zero-order chi connectivity index (χ0) is 18.4. The van der Waals surface area contributed by atoms with Crippen molar-refractivity contribution >= 4 is 11.6 Å². The van der Waals surface area contributed by atoms with Crippen LogP contribution in [0, 0.1) is 11.8 Å². The van der Waals surface area contributed by atoms with E-state index in [1.165, 1.54) is 0 Å². The van der Waals surface area contributed by atoms with Crippen molar-refractivity contribution in [1.29, 1.82) is 0 Å². The number of piperidine rings is 1. The van der Waals surface area contributed by atoms with Crippen molar-refractivity contribution in [2.45, 2.75) is 32.8 Å². The SMILES string of the molecule is CC(CC(=O)Nc1ccc(OCc2nccn2C)cc1)C1CCNCC1. The van der Waals surface area contributed by atoms with Gasteiger partial charge in [0, 0.05) is 31.5 Å². The van der Waals surface area contributed by atoms with Crippen molar-refractivity contribution in [2.24, 2.45) is 18.9 Å². The Kier molecular flexibility index (Phi) is 6.28. The Morgan fingerprint density at radius 3 is 2.73 bits per heavy atom. The molecule has 26 heavy (non-hydrogen) atoms. The third-order valence-corrected chi connectivity index (χ3v) is 5.12. The average molecular weight is 356 g/mol. The van der Waals surface area contributed by atoms with Gasteiger partial charge < -0.3 is 19.9 Å². The van der Waals surface area contributed by atoms with E-state index in [-0.39, 0.29) is 5.91 Å².